The predicted octanol–water partition coefficient (Wildman–Crippen LogP) is 4.64. The molecule has 0 radical (unpaired) electrons. The third-order valence-corrected chi connectivity index (χ3v) is 4.89. The van der Waals surface area contributed by atoms with Crippen LogP contribution in [0.3, 0.4) is 0 Å². The molecule has 146 valence electrons. The van der Waals surface area contributed by atoms with Crippen molar-refractivity contribution < 1.29 is 14.1 Å². The number of nitrogens with zero attached hydrogens (tertiary/aromatic N) is 3. The van der Waals surface area contributed by atoms with Crippen molar-refractivity contribution in [2.45, 2.75) is 20.5 Å². The molecule has 1 N–H and O–H groups in total. The second kappa shape index (κ2) is 8.24. The van der Waals surface area contributed by atoms with E-state index in [2.05, 4.69) is 20.4 Å². The summed E-state index contributed by atoms with van der Waals surface area (Å²) in [7, 11) is 0. The Labute approximate surface area is 171 Å². The van der Waals surface area contributed by atoms with Crippen LogP contribution < -0.4 is 10.1 Å². The molecule has 2 aromatic heterocycles. The molecule has 0 fully saturated rings. The molecule has 4 aromatic rings. The van der Waals surface area contributed by atoms with Crippen LogP contribution in [0.4, 0.5) is 5.69 Å². The summed E-state index contributed by atoms with van der Waals surface area (Å²) in [6.07, 6.45) is 0. The van der Waals surface area contributed by atoms with E-state index < -0.39 is 0 Å². The molecule has 0 aliphatic rings. The van der Waals surface area contributed by atoms with Gasteiger partial charge in [-0.05, 0) is 31.2 Å². The molecular weight excluding hydrogens is 388 g/mol. The van der Waals surface area contributed by atoms with E-state index in [0.29, 0.717) is 28.7 Å². The zero-order valence-electron chi connectivity index (χ0n) is 15.9. The summed E-state index contributed by atoms with van der Waals surface area (Å²) in [5.41, 5.74) is 3.05. The van der Waals surface area contributed by atoms with Gasteiger partial charge in [-0.25, -0.2) is 4.98 Å². The third-order valence-electron chi connectivity index (χ3n) is 4.12. The second-order valence-corrected chi connectivity index (χ2v) is 7.36. The van der Waals surface area contributed by atoms with Gasteiger partial charge in [0.15, 0.2) is 6.61 Å². The van der Waals surface area contributed by atoms with Crippen molar-refractivity contribution in [1.82, 2.24) is 15.1 Å². The van der Waals surface area contributed by atoms with Crippen LogP contribution in [0.25, 0.3) is 11.3 Å². The summed E-state index contributed by atoms with van der Waals surface area (Å²) < 4.78 is 10.6. The van der Waals surface area contributed by atoms with Crippen molar-refractivity contribution >= 4 is 22.9 Å². The van der Waals surface area contributed by atoms with Gasteiger partial charge in [-0.15, -0.1) is 11.3 Å². The van der Waals surface area contributed by atoms with E-state index in [9.17, 15) is 4.79 Å². The molecule has 0 unspecified atom stereocenters. The number of amides is 1. The van der Waals surface area contributed by atoms with Crippen molar-refractivity contribution in [3.63, 3.8) is 0 Å². The maximum Gasteiger partial charge on any atom is 0.259 e. The number of benzene rings is 2. The minimum Gasteiger partial charge on any atom is -0.485 e. The average molecular weight is 406 g/mol. The average Bonchev–Trinajstić information content (AvgIpc) is 3.35. The van der Waals surface area contributed by atoms with Crippen molar-refractivity contribution in [2.75, 3.05) is 5.32 Å². The number of anilines is 1. The van der Waals surface area contributed by atoms with Crippen LogP contribution in [0.15, 0.2) is 58.4 Å². The standard InChI is InChI=1S/C21H18N4O3S/c1-13-22-20(25-28-13)11-27-19-6-4-3-5-17(19)21(26)24-16-9-7-15(8-10-16)18-12-29-14(2)23-18/h3-10,12H,11H2,1-2H3,(H,24,26). The van der Waals surface area contributed by atoms with Crippen molar-refractivity contribution in [1.29, 1.82) is 0 Å². The van der Waals surface area contributed by atoms with Gasteiger partial charge in [0.1, 0.15) is 5.75 Å². The van der Waals surface area contributed by atoms with E-state index in [0.717, 1.165) is 16.3 Å². The quantitative estimate of drug-likeness (QED) is 0.502. The zero-order chi connectivity index (χ0) is 20.2. The number of hydrogen-bond acceptors (Lipinski definition) is 7. The van der Waals surface area contributed by atoms with Gasteiger partial charge in [-0.3, -0.25) is 4.79 Å². The van der Waals surface area contributed by atoms with E-state index >= 15 is 0 Å². The Kier molecular flexibility index (Phi) is 5.35. The molecule has 0 spiro atoms. The molecule has 0 aliphatic heterocycles. The molecule has 8 heteroatoms. The molecule has 4 rings (SSSR count). The Hall–Kier alpha value is -3.52. The van der Waals surface area contributed by atoms with E-state index in [1.54, 1.807) is 42.5 Å². The molecule has 0 aliphatic carbocycles. The molecular formula is C21H18N4O3S. The lowest BCUT2D eigenvalue weighted by Crippen LogP contribution is -2.13. The van der Waals surface area contributed by atoms with Crippen LogP contribution in [0.2, 0.25) is 0 Å². The molecule has 0 atom stereocenters. The number of thiazole rings is 1. The van der Waals surface area contributed by atoms with Gasteiger partial charge in [0.05, 0.1) is 16.3 Å². The summed E-state index contributed by atoms with van der Waals surface area (Å²) >= 11 is 1.61. The van der Waals surface area contributed by atoms with Crippen LogP contribution in [0.5, 0.6) is 5.75 Å². The topological polar surface area (TPSA) is 90.1 Å². The Balaban J connectivity index is 1.45. The highest BCUT2D eigenvalue weighted by Crippen LogP contribution is 2.24. The molecule has 2 aromatic carbocycles. The zero-order valence-corrected chi connectivity index (χ0v) is 16.7. The third kappa shape index (κ3) is 4.49. The van der Waals surface area contributed by atoms with Crippen LogP contribution in [0.1, 0.15) is 27.1 Å². The summed E-state index contributed by atoms with van der Waals surface area (Å²) in [6.45, 7) is 3.80. The van der Waals surface area contributed by atoms with Gasteiger partial charge < -0.3 is 14.6 Å². The largest absolute Gasteiger partial charge is 0.485 e. The highest BCUT2D eigenvalue weighted by molar-refractivity contribution is 7.09. The molecule has 1 amide bonds. The number of carbonyl (C=O) groups is 1. The summed E-state index contributed by atoms with van der Waals surface area (Å²) in [5.74, 6) is 1.07. The number of ether oxygens (including phenoxy) is 1. The first-order chi connectivity index (χ1) is 14.1. The first kappa shape index (κ1) is 18.8. The maximum absolute atomic E-state index is 12.8. The number of carbonyl (C=O) groups excluding carboxylic acids is 1. The number of aryl methyl sites for hydroxylation is 2. The monoisotopic (exact) mass is 406 g/mol. The molecule has 29 heavy (non-hydrogen) atoms. The first-order valence-corrected chi connectivity index (χ1v) is 9.81. The molecule has 0 saturated heterocycles. The van der Waals surface area contributed by atoms with Crippen molar-refractivity contribution in [3.8, 4) is 17.0 Å². The van der Waals surface area contributed by atoms with Crippen LogP contribution in [0, 0.1) is 13.8 Å². The lowest BCUT2D eigenvalue weighted by molar-refractivity contribution is 0.102. The van der Waals surface area contributed by atoms with E-state index in [-0.39, 0.29) is 12.5 Å². The first-order valence-electron chi connectivity index (χ1n) is 8.93. The number of rotatable bonds is 6. The van der Waals surface area contributed by atoms with Gasteiger partial charge in [0.25, 0.3) is 5.91 Å². The highest BCUT2D eigenvalue weighted by Gasteiger charge is 2.14. The lowest BCUT2D eigenvalue weighted by Gasteiger charge is -2.11. The van der Waals surface area contributed by atoms with Gasteiger partial charge in [0, 0.05) is 23.6 Å². The Morgan fingerprint density at radius 3 is 2.59 bits per heavy atom. The Morgan fingerprint density at radius 1 is 1.10 bits per heavy atom. The van der Waals surface area contributed by atoms with E-state index in [1.165, 1.54) is 0 Å². The molecule has 2 heterocycles. The second-order valence-electron chi connectivity index (χ2n) is 6.30. The van der Waals surface area contributed by atoms with Gasteiger partial charge in [-0.2, -0.15) is 4.98 Å². The molecule has 0 saturated carbocycles. The van der Waals surface area contributed by atoms with Crippen molar-refractivity contribution in [3.05, 3.63) is 76.2 Å². The number of nitrogens with one attached hydrogen (secondary N) is 1. The fourth-order valence-electron chi connectivity index (χ4n) is 2.74. The van der Waals surface area contributed by atoms with Gasteiger partial charge in [-0.1, -0.05) is 29.4 Å². The number of aromatic nitrogens is 3. The summed E-state index contributed by atoms with van der Waals surface area (Å²) in [4.78, 5) is 21.3. The van der Waals surface area contributed by atoms with Crippen molar-refractivity contribution in [2.24, 2.45) is 0 Å². The lowest BCUT2D eigenvalue weighted by atomic mass is 10.1. The van der Waals surface area contributed by atoms with Crippen LogP contribution >= 0.6 is 11.3 Å². The minimum atomic E-state index is -0.262. The number of para-hydroxylation sites is 1. The SMILES string of the molecule is Cc1nc(COc2ccccc2C(=O)Nc2ccc(-c3csc(C)n3)cc2)no1. The fourth-order valence-corrected chi connectivity index (χ4v) is 3.36. The van der Waals surface area contributed by atoms with Crippen LogP contribution in [-0.4, -0.2) is 21.0 Å². The smallest absolute Gasteiger partial charge is 0.259 e. The molecule has 7 nitrogen and oxygen atoms in total. The number of hydrogen-bond donors (Lipinski definition) is 1. The van der Waals surface area contributed by atoms with E-state index in [1.807, 2.05) is 36.6 Å². The minimum absolute atomic E-state index is 0.114. The Morgan fingerprint density at radius 2 is 1.90 bits per heavy atom. The van der Waals surface area contributed by atoms with E-state index in [4.69, 9.17) is 9.26 Å². The van der Waals surface area contributed by atoms with Crippen LogP contribution in [-0.2, 0) is 6.61 Å². The maximum atomic E-state index is 12.8. The normalized spacial score (nSPS) is 10.7. The Bertz CT molecular complexity index is 1130. The highest BCUT2D eigenvalue weighted by atomic mass is 32.1. The van der Waals surface area contributed by atoms with Gasteiger partial charge in [0.2, 0.25) is 11.7 Å². The van der Waals surface area contributed by atoms with Gasteiger partial charge >= 0.3 is 0 Å². The predicted molar refractivity (Wildman–Crippen MR) is 110 cm³/mol. The fraction of sp³-hybridized carbons (Fsp3) is 0.143. The summed E-state index contributed by atoms with van der Waals surface area (Å²) in [6, 6.07) is 14.6. The summed E-state index contributed by atoms with van der Waals surface area (Å²) in [5, 5.41) is 9.72. The molecule has 0 bridgehead atoms.